The standard InChI is InChI=1S/C15H21NO/c1-11(2)14-5-4-8-16(14)15-7-6-13(10-17)9-12(15)3/h6-7,9-11,14H,4-5,8H2,1-3H3. The maximum atomic E-state index is 10.8. The quantitative estimate of drug-likeness (QED) is 0.743. The van der Waals surface area contributed by atoms with Crippen LogP contribution in [-0.2, 0) is 0 Å². The third kappa shape index (κ3) is 2.36. The first-order valence-corrected chi connectivity index (χ1v) is 6.46. The molecule has 2 heteroatoms. The highest BCUT2D eigenvalue weighted by atomic mass is 16.1. The molecule has 92 valence electrons. The number of anilines is 1. The van der Waals surface area contributed by atoms with Gasteiger partial charge in [-0.15, -0.1) is 0 Å². The molecule has 1 aromatic carbocycles. The molecule has 0 aliphatic carbocycles. The number of aryl methyl sites for hydroxylation is 1. The predicted molar refractivity (Wildman–Crippen MR) is 71.8 cm³/mol. The number of hydrogen-bond acceptors (Lipinski definition) is 2. The molecule has 1 aliphatic rings. The van der Waals surface area contributed by atoms with Gasteiger partial charge in [0, 0.05) is 23.8 Å². The van der Waals surface area contributed by atoms with E-state index in [1.54, 1.807) is 0 Å². The summed E-state index contributed by atoms with van der Waals surface area (Å²) in [6.07, 6.45) is 3.48. The van der Waals surface area contributed by atoms with Gasteiger partial charge in [-0.3, -0.25) is 4.79 Å². The van der Waals surface area contributed by atoms with Crippen molar-refractivity contribution >= 4 is 12.0 Å². The van der Waals surface area contributed by atoms with Gasteiger partial charge < -0.3 is 4.90 Å². The molecule has 0 radical (unpaired) electrons. The minimum absolute atomic E-state index is 0.649. The summed E-state index contributed by atoms with van der Waals surface area (Å²) in [5.74, 6) is 0.683. The van der Waals surface area contributed by atoms with Crippen LogP contribution in [0.2, 0.25) is 0 Å². The van der Waals surface area contributed by atoms with Crippen LogP contribution in [0, 0.1) is 12.8 Å². The zero-order chi connectivity index (χ0) is 12.4. The van der Waals surface area contributed by atoms with E-state index in [0.29, 0.717) is 12.0 Å². The number of benzene rings is 1. The lowest BCUT2D eigenvalue weighted by Crippen LogP contribution is -2.33. The fourth-order valence-electron chi connectivity index (χ4n) is 2.86. The summed E-state index contributed by atoms with van der Waals surface area (Å²) >= 11 is 0. The minimum Gasteiger partial charge on any atom is -0.368 e. The van der Waals surface area contributed by atoms with E-state index in [9.17, 15) is 4.79 Å². The first-order chi connectivity index (χ1) is 8.13. The second kappa shape index (κ2) is 4.91. The van der Waals surface area contributed by atoms with Gasteiger partial charge in [-0.05, 0) is 49.4 Å². The predicted octanol–water partition coefficient (Wildman–Crippen LogP) is 3.43. The van der Waals surface area contributed by atoms with Gasteiger partial charge in [0.05, 0.1) is 0 Å². The number of rotatable bonds is 3. The van der Waals surface area contributed by atoms with E-state index in [1.165, 1.54) is 24.1 Å². The van der Waals surface area contributed by atoms with Crippen molar-refractivity contribution in [2.45, 2.75) is 39.7 Å². The van der Waals surface area contributed by atoms with Crippen LogP contribution in [0.1, 0.15) is 42.6 Å². The molecule has 0 N–H and O–H groups in total. The number of nitrogens with zero attached hydrogens (tertiary/aromatic N) is 1. The van der Waals surface area contributed by atoms with Gasteiger partial charge in [0.1, 0.15) is 6.29 Å². The zero-order valence-electron chi connectivity index (χ0n) is 10.9. The highest BCUT2D eigenvalue weighted by Crippen LogP contribution is 2.32. The highest BCUT2D eigenvalue weighted by Gasteiger charge is 2.27. The molecule has 1 aliphatic heterocycles. The fraction of sp³-hybridized carbons (Fsp3) is 0.533. The van der Waals surface area contributed by atoms with Crippen LogP contribution >= 0.6 is 0 Å². The Kier molecular flexibility index (Phi) is 3.51. The van der Waals surface area contributed by atoms with Crippen LogP contribution in [-0.4, -0.2) is 18.9 Å². The van der Waals surface area contributed by atoms with E-state index in [4.69, 9.17) is 0 Å². The van der Waals surface area contributed by atoms with Gasteiger partial charge in [0.15, 0.2) is 0 Å². The summed E-state index contributed by atoms with van der Waals surface area (Å²) < 4.78 is 0. The molecule has 1 heterocycles. The average Bonchev–Trinajstić information content (AvgIpc) is 2.77. The Hall–Kier alpha value is -1.31. The Balaban J connectivity index is 2.30. The van der Waals surface area contributed by atoms with E-state index < -0.39 is 0 Å². The topological polar surface area (TPSA) is 20.3 Å². The first-order valence-electron chi connectivity index (χ1n) is 6.46. The first kappa shape index (κ1) is 12.2. The van der Waals surface area contributed by atoms with Crippen molar-refractivity contribution in [1.82, 2.24) is 0 Å². The zero-order valence-corrected chi connectivity index (χ0v) is 10.9. The summed E-state index contributed by atoms with van der Waals surface area (Å²) in [4.78, 5) is 13.3. The molecule has 0 aromatic heterocycles. The molecule has 1 aromatic rings. The number of carbonyl (C=O) groups excluding carboxylic acids is 1. The number of carbonyl (C=O) groups is 1. The van der Waals surface area contributed by atoms with Crippen LogP contribution in [0.5, 0.6) is 0 Å². The van der Waals surface area contributed by atoms with Gasteiger partial charge in [0.2, 0.25) is 0 Å². The van der Waals surface area contributed by atoms with Crippen molar-refractivity contribution in [1.29, 1.82) is 0 Å². The lowest BCUT2D eigenvalue weighted by molar-refractivity contribution is 0.112. The highest BCUT2D eigenvalue weighted by molar-refractivity contribution is 5.77. The Morgan fingerprint density at radius 3 is 2.76 bits per heavy atom. The Morgan fingerprint density at radius 2 is 2.18 bits per heavy atom. The molecule has 0 bridgehead atoms. The van der Waals surface area contributed by atoms with Gasteiger partial charge >= 0.3 is 0 Å². The molecule has 0 spiro atoms. The van der Waals surface area contributed by atoms with E-state index in [0.717, 1.165) is 18.4 Å². The van der Waals surface area contributed by atoms with Crippen molar-refractivity contribution in [2.24, 2.45) is 5.92 Å². The normalized spacial score (nSPS) is 20.0. The molecule has 0 amide bonds. The van der Waals surface area contributed by atoms with Crippen LogP contribution < -0.4 is 4.90 Å². The van der Waals surface area contributed by atoms with Crippen LogP contribution in [0.25, 0.3) is 0 Å². The maximum Gasteiger partial charge on any atom is 0.150 e. The third-order valence-electron chi connectivity index (χ3n) is 3.74. The van der Waals surface area contributed by atoms with Gasteiger partial charge in [-0.25, -0.2) is 0 Å². The molecular weight excluding hydrogens is 210 g/mol. The second-order valence-corrected chi connectivity index (χ2v) is 5.31. The molecule has 1 atom stereocenters. The summed E-state index contributed by atoms with van der Waals surface area (Å²) in [7, 11) is 0. The molecule has 1 saturated heterocycles. The molecule has 0 saturated carbocycles. The maximum absolute atomic E-state index is 10.8. The van der Waals surface area contributed by atoms with Crippen molar-refractivity contribution in [3.63, 3.8) is 0 Å². The lowest BCUT2D eigenvalue weighted by Gasteiger charge is -2.31. The fourth-order valence-corrected chi connectivity index (χ4v) is 2.86. The van der Waals surface area contributed by atoms with Gasteiger partial charge in [-0.2, -0.15) is 0 Å². The Bertz CT molecular complexity index is 411. The second-order valence-electron chi connectivity index (χ2n) is 5.31. The Morgan fingerprint density at radius 1 is 1.41 bits per heavy atom. The van der Waals surface area contributed by atoms with E-state index >= 15 is 0 Å². The summed E-state index contributed by atoms with van der Waals surface area (Å²) in [5.41, 5.74) is 3.28. The average molecular weight is 231 g/mol. The molecular formula is C15H21NO. The van der Waals surface area contributed by atoms with Gasteiger partial charge in [-0.1, -0.05) is 13.8 Å². The van der Waals surface area contributed by atoms with Crippen molar-refractivity contribution < 1.29 is 4.79 Å². The molecule has 1 unspecified atom stereocenters. The lowest BCUT2D eigenvalue weighted by atomic mass is 10.0. The van der Waals surface area contributed by atoms with Crippen LogP contribution in [0.4, 0.5) is 5.69 Å². The van der Waals surface area contributed by atoms with E-state index in [2.05, 4.69) is 31.7 Å². The largest absolute Gasteiger partial charge is 0.368 e. The summed E-state index contributed by atoms with van der Waals surface area (Å²) in [6.45, 7) is 7.82. The number of aldehydes is 1. The van der Waals surface area contributed by atoms with Crippen LogP contribution in [0.3, 0.4) is 0 Å². The van der Waals surface area contributed by atoms with Crippen LogP contribution in [0.15, 0.2) is 18.2 Å². The smallest absolute Gasteiger partial charge is 0.150 e. The van der Waals surface area contributed by atoms with E-state index in [1.807, 2.05) is 12.1 Å². The number of hydrogen-bond donors (Lipinski definition) is 0. The van der Waals surface area contributed by atoms with Gasteiger partial charge in [0.25, 0.3) is 0 Å². The molecule has 1 fully saturated rings. The SMILES string of the molecule is Cc1cc(C=O)ccc1N1CCCC1C(C)C. The van der Waals surface area contributed by atoms with Crippen molar-refractivity contribution in [3.05, 3.63) is 29.3 Å². The molecule has 2 nitrogen and oxygen atoms in total. The summed E-state index contributed by atoms with van der Waals surface area (Å²) in [6, 6.07) is 6.65. The minimum atomic E-state index is 0.649. The summed E-state index contributed by atoms with van der Waals surface area (Å²) in [5, 5.41) is 0. The monoisotopic (exact) mass is 231 g/mol. The Labute approximate surface area is 104 Å². The molecule has 17 heavy (non-hydrogen) atoms. The van der Waals surface area contributed by atoms with Crippen molar-refractivity contribution in [2.75, 3.05) is 11.4 Å². The molecule has 2 rings (SSSR count). The van der Waals surface area contributed by atoms with Crippen molar-refractivity contribution in [3.8, 4) is 0 Å². The third-order valence-corrected chi connectivity index (χ3v) is 3.74. The van der Waals surface area contributed by atoms with E-state index in [-0.39, 0.29) is 0 Å².